The molecule has 1 saturated heterocycles. The van der Waals surface area contributed by atoms with Crippen LogP contribution in [0.5, 0.6) is 11.5 Å². The molecule has 0 aliphatic carbocycles. The molecule has 0 spiro atoms. The summed E-state index contributed by atoms with van der Waals surface area (Å²) in [6.45, 7) is 5.85. The third kappa shape index (κ3) is 4.81. The van der Waals surface area contributed by atoms with Gasteiger partial charge in [0, 0.05) is 18.7 Å². The first-order chi connectivity index (χ1) is 12.5. The summed E-state index contributed by atoms with van der Waals surface area (Å²) in [5.74, 6) is 0.461. The molecular formula is C19H26ClNO5. The number of carbonyl (C=O) groups excluding carboxylic acids is 2. The predicted molar refractivity (Wildman–Crippen MR) is 99.1 cm³/mol. The Balaban J connectivity index is 2.15. The zero-order valence-corrected chi connectivity index (χ0v) is 16.3. The van der Waals surface area contributed by atoms with Crippen LogP contribution in [0.2, 0.25) is 5.02 Å². The van der Waals surface area contributed by atoms with Crippen molar-refractivity contribution >= 4 is 23.5 Å². The Labute approximate surface area is 159 Å². The average Bonchev–Trinajstić information content (AvgIpc) is 2.66. The van der Waals surface area contributed by atoms with Gasteiger partial charge < -0.3 is 19.1 Å². The average molecular weight is 384 g/mol. The van der Waals surface area contributed by atoms with Crippen molar-refractivity contribution in [1.82, 2.24) is 4.90 Å². The number of halogens is 1. The van der Waals surface area contributed by atoms with Gasteiger partial charge in [0.05, 0.1) is 31.3 Å². The Morgan fingerprint density at radius 2 is 1.88 bits per heavy atom. The first-order valence-electron chi connectivity index (χ1n) is 8.98. The molecule has 1 aliphatic rings. The molecule has 1 aromatic rings. The lowest BCUT2D eigenvalue weighted by Gasteiger charge is -2.31. The molecule has 0 bridgehead atoms. The molecule has 2 rings (SSSR count). The van der Waals surface area contributed by atoms with Crippen LogP contribution in [0.3, 0.4) is 0 Å². The van der Waals surface area contributed by atoms with Crippen LogP contribution >= 0.6 is 11.6 Å². The molecule has 1 aliphatic heterocycles. The topological polar surface area (TPSA) is 65.1 Å². The van der Waals surface area contributed by atoms with Crippen LogP contribution < -0.4 is 9.47 Å². The van der Waals surface area contributed by atoms with Crippen LogP contribution in [0, 0.1) is 5.92 Å². The van der Waals surface area contributed by atoms with E-state index in [0.717, 1.165) is 6.42 Å². The van der Waals surface area contributed by atoms with E-state index in [4.69, 9.17) is 25.8 Å². The van der Waals surface area contributed by atoms with E-state index in [1.807, 2.05) is 13.8 Å². The number of rotatable bonds is 7. The third-order valence-corrected chi connectivity index (χ3v) is 4.60. The standard InChI is InChI=1S/C19H26ClNO5/c1-4-10-26-17-15(20)11-14(12-16(17)25-5-2)18(22)21-8-6-13(7-9-21)19(23)24-3/h11-13H,4-10H2,1-3H3. The number of hydrogen-bond donors (Lipinski definition) is 0. The van der Waals surface area contributed by atoms with Crippen molar-refractivity contribution in [2.45, 2.75) is 33.1 Å². The molecule has 144 valence electrons. The van der Waals surface area contributed by atoms with Gasteiger partial charge in [-0.15, -0.1) is 0 Å². The molecule has 1 aromatic carbocycles. The van der Waals surface area contributed by atoms with Gasteiger partial charge in [-0.05, 0) is 38.3 Å². The van der Waals surface area contributed by atoms with E-state index in [1.54, 1.807) is 17.0 Å². The molecule has 1 heterocycles. The second-order valence-electron chi connectivity index (χ2n) is 6.16. The van der Waals surface area contributed by atoms with Gasteiger partial charge in [-0.25, -0.2) is 0 Å². The molecule has 0 atom stereocenters. The van der Waals surface area contributed by atoms with Crippen LogP contribution in [0.4, 0.5) is 0 Å². The van der Waals surface area contributed by atoms with Gasteiger partial charge in [-0.1, -0.05) is 18.5 Å². The van der Waals surface area contributed by atoms with Gasteiger partial charge in [0.25, 0.3) is 5.91 Å². The van der Waals surface area contributed by atoms with E-state index in [0.29, 0.717) is 61.2 Å². The fourth-order valence-electron chi connectivity index (χ4n) is 2.97. The summed E-state index contributed by atoms with van der Waals surface area (Å²) in [5, 5.41) is 0.359. The molecule has 26 heavy (non-hydrogen) atoms. The summed E-state index contributed by atoms with van der Waals surface area (Å²) < 4.78 is 16.1. The second kappa shape index (κ2) is 9.67. The fraction of sp³-hybridized carbons (Fsp3) is 0.579. The minimum atomic E-state index is -0.212. The molecule has 0 saturated carbocycles. The van der Waals surface area contributed by atoms with E-state index >= 15 is 0 Å². The van der Waals surface area contributed by atoms with Crippen molar-refractivity contribution < 1.29 is 23.8 Å². The number of amides is 1. The summed E-state index contributed by atoms with van der Waals surface area (Å²) in [6.07, 6.45) is 2.04. The Bertz CT molecular complexity index is 641. The number of methoxy groups -OCH3 is 1. The maximum atomic E-state index is 12.8. The molecule has 0 N–H and O–H groups in total. The van der Waals surface area contributed by atoms with Crippen LogP contribution in [-0.2, 0) is 9.53 Å². The van der Waals surface area contributed by atoms with Gasteiger partial charge in [0.2, 0.25) is 0 Å². The summed E-state index contributed by atoms with van der Waals surface area (Å²) in [4.78, 5) is 26.2. The number of nitrogens with zero attached hydrogens (tertiary/aromatic N) is 1. The van der Waals surface area contributed by atoms with Crippen LogP contribution in [0.1, 0.15) is 43.5 Å². The van der Waals surface area contributed by atoms with Crippen molar-refractivity contribution in [3.8, 4) is 11.5 Å². The molecule has 7 heteroatoms. The highest BCUT2D eigenvalue weighted by molar-refractivity contribution is 6.32. The van der Waals surface area contributed by atoms with Gasteiger partial charge in [-0.2, -0.15) is 0 Å². The Morgan fingerprint density at radius 3 is 2.46 bits per heavy atom. The summed E-state index contributed by atoms with van der Waals surface area (Å²) in [6, 6.07) is 3.29. The lowest BCUT2D eigenvalue weighted by atomic mass is 9.96. The second-order valence-corrected chi connectivity index (χ2v) is 6.56. The molecular weight excluding hydrogens is 358 g/mol. The van der Waals surface area contributed by atoms with Crippen LogP contribution in [0.15, 0.2) is 12.1 Å². The SMILES string of the molecule is CCCOc1c(Cl)cc(C(=O)N2CCC(C(=O)OC)CC2)cc1OCC. The third-order valence-electron chi connectivity index (χ3n) is 4.32. The van der Waals surface area contributed by atoms with Crippen molar-refractivity contribution in [2.75, 3.05) is 33.4 Å². The first kappa shape index (κ1) is 20.4. The van der Waals surface area contributed by atoms with Gasteiger partial charge in [-0.3, -0.25) is 9.59 Å². The minimum Gasteiger partial charge on any atom is -0.490 e. The smallest absolute Gasteiger partial charge is 0.308 e. The number of piperidine rings is 1. The quantitative estimate of drug-likeness (QED) is 0.673. The highest BCUT2D eigenvalue weighted by Gasteiger charge is 2.29. The Kier molecular flexibility index (Phi) is 7.57. The maximum Gasteiger partial charge on any atom is 0.308 e. The van der Waals surface area contributed by atoms with Crippen molar-refractivity contribution in [3.05, 3.63) is 22.7 Å². The number of ether oxygens (including phenoxy) is 3. The van der Waals surface area contributed by atoms with E-state index in [1.165, 1.54) is 7.11 Å². The van der Waals surface area contributed by atoms with Gasteiger partial charge in [0.15, 0.2) is 11.5 Å². The van der Waals surface area contributed by atoms with Gasteiger partial charge in [0.1, 0.15) is 0 Å². The van der Waals surface area contributed by atoms with E-state index in [9.17, 15) is 9.59 Å². The summed E-state index contributed by atoms with van der Waals surface area (Å²) in [7, 11) is 1.39. The number of esters is 1. The highest BCUT2D eigenvalue weighted by Crippen LogP contribution is 2.37. The fourth-order valence-corrected chi connectivity index (χ4v) is 3.23. The molecule has 0 unspecified atom stereocenters. The zero-order chi connectivity index (χ0) is 19.1. The molecule has 0 aromatic heterocycles. The first-order valence-corrected chi connectivity index (χ1v) is 9.35. The minimum absolute atomic E-state index is 0.127. The zero-order valence-electron chi connectivity index (χ0n) is 15.5. The van der Waals surface area contributed by atoms with E-state index in [-0.39, 0.29) is 17.8 Å². The van der Waals surface area contributed by atoms with Crippen molar-refractivity contribution in [3.63, 3.8) is 0 Å². The molecule has 1 fully saturated rings. The molecule has 1 amide bonds. The normalized spacial score (nSPS) is 14.8. The predicted octanol–water partition coefficient (Wildman–Crippen LogP) is 3.55. The lowest BCUT2D eigenvalue weighted by Crippen LogP contribution is -2.40. The van der Waals surface area contributed by atoms with E-state index < -0.39 is 0 Å². The number of carbonyl (C=O) groups is 2. The molecule has 6 nitrogen and oxygen atoms in total. The largest absolute Gasteiger partial charge is 0.490 e. The number of likely N-dealkylation sites (tertiary alicyclic amines) is 1. The molecule has 0 radical (unpaired) electrons. The van der Waals surface area contributed by atoms with E-state index in [2.05, 4.69) is 0 Å². The van der Waals surface area contributed by atoms with Crippen LogP contribution in [0.25, 0.3) is 0 Å². The Hall–Kier alpha value is -1.95. The number of benzene rings is 1. The van der Waals surface area contributed by atoms with Crippen molar-refractivity contribution in [2.24, 2.45) is 5.92 Å². The monoisotopic (exact) mass is 383 g/mol. The van der Waals surface area contributed by atoms with Gasteiger partial charge >= 0.3 is 5.97 Å². The highest BCUT2D eigenvalue weighted by atomic mass is 35.5. The van der Waals surface area contributed by atoms with Crippen molar-refractivity contribution in [1.29, 1.82) is 0 Å². The maximum absolute atomic E-state index is 12.8. The van der Waals surface area contributed by atoms with Crippen LogP contribution in [-0.4, -0.2) is 50.2 Å². The summed E-state index contributed by atoms with van der Waals surface area (Å²) >= 11 is 6.34. The Morgan fingerprint density at radius 1 is 1.19 bits per heavy atom. The number of hydrogen-bond acceptors (Lipinski definition) is 5. The summed E-state index contributed by atoms with van der Waals surface area (Å²) in [5.41, 5.74) is 0.457. The lowest BCUT2D eigenvalue weighted by molar-refractivity contribution is -0.146.